The van der Waals surface area contributed by atoms with Gasteiger partial charge in [-0.05, 0) is 29.3 Å². The molecule has 100 valence electrons. The summed E-state index contributed by atoms with van der Waals surface area (Å²) in [6.07, 6.45) is 3.26. The number of aromatic nitrogens is 1. The molecule has 0 spiro atoms. The zero-order chi connectivity index (χ0) is 13.9. The third-order valence-electron chi connectivity index (χ3n) is 3.20. The van der Waals surface area contributed by atoms with Gasteiger partial charge in [-0.25, -0.2) is 0 Å². The molecule has 5 heteroatoms. The van der Waals surface area contributed by atoms with Gasteiger partial charge in [-0.1, -0.05) is 23.4 Å². The van der Waals surface area contributed by atoms with Crippen molar-refractivity contribution in [1.82, 2.24) is 4.98 Å². The predicted molar refractivity (Wildman–Crippen MR) is 74.9 cm³/mol. The molecule has 1 aromatic carbocycles. The minimum absolute atomic E-state index is 0.412. The third kappa shape index (κ3) is 2.38. The number of carbonyl (C=O) groups excluding carboxylic acids is 1. The first-order valence-corrected chi connectivity index (χ1v) is 6.27. The molecule has 0 saturated carbocycles. The molecule has 1 aliphatic heterocycles. The van der Waals surface area contributed by atoms with Gasteiger partial charge >= 0.3 is 0 Å². The highest BCUT2D eigenvalue weighted by Crippen LogP contribution is 2.23. The normalized spacial score (nSPS) is 17.4. The second-order valence-electron chi connectivity index (χ2n) is 4.56. The number of pyridine rings is 1. The lowest BCUT2D eigenvalue weighted by molar-refractivity contribution is -0.127. The second-order valence-corrected chi connectivity index (χ2v) is 4.56. The van der Waals surface area contributed by atoms with Gasteiger partial charge < -0.3 is 10.6 Å². The van der Waals surface area contributed by atoms with Gasteiger partial charge in [0.25, 0.3) is 5.91 Å². The van der Waals surface area contributed by atoms with E-state index in [1.807, 2.05) is 36.4 Å². The van der Waals surface area contributed by atoms with Crippen LogP contribution in [-0.4, -0.2) is 22.7 Å². The third-order valence-corrected chi connectivity index (χ3v) is 3.20. The fourth-order valence-electron chi connectivity index (χ4n) is 2.12. The lowest BCUT2D eigenvalue weighted by Gasteiger charge is -2.05. The van der Waals surface area contributed by atoms with Crippen LogP contribution in [0.1, 0.15) is 12.0 Å². The number of nitrogens with two attached hydrogens (primary N) is 1. The van der Waals surface area contributed by atoms with E-state index in [9.17, 15) is 4.79 Å². The molecule has 2 aromatic rings. The Balaban J connectivity index is 1.88. The van der Waals surface area contributed by atoms with Gasteiger partial charge in [0, 0.05) is 24.4 Å². The van der Waals surface area contributed by atoms with Crippen LogP contribution in [0.2, 0.25) is 0 Å². The van der Waals surface area contributed by atoms with Crippen molar-refractivity contribution >= 4 is 11.6 Å². The largest absolute Gasteiger partial charge is 0.382 e. The summed E-state index contributed by atoms with van der Waals surface area (Å²) in [6.45, 7) is 0. The van der Waals surface area contributed by atoms with Crippen LogP contribution in [0.25, 0.3) is 11.1 Å². The molecule has 0 radical (unpaired) electrons. The Morgan fingerprint density at radius 3 is 2.60 bits per heavy atom. The van der Waals surface area contributed by atoms with Gasteiger partial charge in [0.1, 0.15) is 0 Å². The van der Waals surface area contributed by atoms with E-state index in [4.69, 9.17) is 10.6 Å². The molecule has 1 aliphatic rings. The zero-order valence-corrected chi connectivity index (χ0v) is 10.7. The Morgan fingerprint density at radius 1 is 1.15 bits per heavy atom. The first-order valence-electron chi connectivity index (χ1n) is 6.27. The van der Waals surface area contributed by atoms with E-state index in [0.29, 0.717) is 6.42 Å². The van der Waals surface area contributed by atoms with Gasteiger partial charge in [0.05, 0.1) is 5.71 Å². The smallest absolute Gasteiger partial charge is 0.261 e. The molecular weight excluding hydrogens is 254 g/mol. The summed E-state index contributed by atoms with van der Waals surface area (Å²) in [7, 11) is 0. The molecule has 2 N–H and O–H groups in total. The van der Waals surface area contributed by atoms with E-state index in [1.165, 1.54) is 0 Å². The van der Waals surface area contributed by atoms with Crippen LogP contribution in [0.4, 0.5) is 0 Å². The number of primary amides is 1. The van der Waals surface area contributed by atoms with Crippen LogP contribution in [0.15, 0.2) is 53.9 Å². The average Bonchev–Trinajstić information content (AvgIpc) is 2.98. The second kappa shape index (κ2) is 5.13. The summed E-state index contributed by atoms with van der Waals surface area (Å²) in [6, 6.07) is 11.8. The van der Waals surface area contributed by atoms with Crippen LogP contribution in [0.3, 0.4) is 0 Å². The van der Waals surface area contributed by atoms with Gasteiger partial charge in [0.15, 0.2) is 0 Å². The van der Waals surface area contributed by atoms with Gasteiger partial charge in [-0.15, -0.1) is 0 Å². The Kier molecular flexibility index (Phi) is 3.16. The number of hydrogen-bond acceptors (Lipinski definition) is 4. The van der Waals surface area contributed by atoms with Crippen molar-refractivity contribution < 1.29 is 9.63 Å². The molecular formula is C15H13N3O2. The lowest BCUT2D eigenvalue weighted by atomic mass is 9.99. The minimum Gasteiger partial charge on any atom is -0.382 e. The van der Waals surface area contributed by atoms with E-state index in [0.717, 1.165) is 22.4 Å². The van der Waals surface area contributed by atoms with Crippen molar-refractivity contribution in [2.24, 2.45) is 10.9 Å². The summed E-state index contributed by atoms with van der Waals surface area (Å²) in [4.78, 5) is 20.1. The Morgan fingerprint density at radius 2 is 1.90 bits per heavy atom. The Hall–Kier alpha value is -2.69. The number of nitrogens with zero attached hydrogens (tertiary/aromatic N) is 2. The molecule has 20 heavy (non-hydrogen) atoms. The van der Waals surface area contributed by atoms with Gasteiger partial charge in [-0.2, -0.15) is 0 Å². The summed E-state index contributed by atoms with van der Waals surface area (Å²) >= 11 is 0. The maximum atomic E-state index is 11.1. The van der Waals surface area contributed by atoms with Crippen molar-refractivity contribution in [2.75, 3.05) is 0 Å². The van der Waals surface area contributed by atoms with Crippen molar-refractivity contribution in [3.05, 3.63) is 54.4 Å². The lowest BCUT2D eigenvalue weighted by Crippen LogP contribution is -2.28. The molecule has 0 aliphatic carbocycles. The summed E-state index contributed by atoms with van der Waals surface area (Å²) in [5.41, 5.74) is 9.03. The van der Waals surface area contributed by atoms with Crippen LogP contribution in [-0.2, 0) is 9.63 Å². The highest BCUT2D eigenvalue weighted by atomic mass is 16.6. The van der Waals surface area contributed by atoms with Crippen molar-refractivity contribution in [2.45, 2.75) is 12.5 Å². The maximum Gasteiger partial charge on any atom is 0.261 e. The first-order chi connectivity index (χ1) is 9.74. The molecule has 5 nitrogen and oxygen atoms in total. The Labute approximate surface area is 116 Å². The van der Waals surface area contributed by atoms with Crippen LogP contribution < -0.4 is 5.73 Å². The number of benzene rings is 1. The molecule has 3 rings (SSSR count). The number of rotatable bonds is 3. The molecule has 1 aromatic heterocycles. The fraction of sp³-hybridized carbons (Fsp3) is 0.133. The highest BCUT2D eigenvalue weighted by Gasteiger charge is 2.26. The molecule has 1 atom stereocenters. The topological polar surface area (TPSA) is 77.6 Å². The quantitative estimate of drug-likeness (QED) is 0.919. The summed E-state index contributed by atoms with van der Waals surface area (Å²) in [5, 5.41) is 3.95. The molecule has 1 unspecified atom stereocenters. The van der Waals surface area contributed by atoms with Crippen LogP contribution >= 0.6 is 0 Å². The molecule has 0 saturated heterocycles. The monoisotopic (exact) mass is 267 g/mol. The highest BCUT2D eigenvalue weighted by molar-refractivity contribution is 6.04. The number of carbonyl (C=O) groups is 1. The summed E-state index contributed by atoms with van der Waals surface area (Å²) in [5.74, 6) is -0.492. The maximum absolute atomic E-state index is 11.1. The number of amides is 1. The molecule has 1 amide bonds. The fourth-order valence-corrected chi connectivity index (χ4v) is 2.12. The van der Waals surface area contributed by atoms with E-state index >= 15 is 0 Å². The molecule has 2 heterocycles. The molecule has 0 bridgehead atoms. The van der Waals surface area contributed by atoms with Crippen molar-refractivity contribution in [3.63, 3.8) is 0 Å². The minimum atomic E-state index is -0.658. The van der Waals surface area contributed by atoms with Crippen LogP contribution in [0, 0.1) is 0 Å². The van der Waals surface area contributed by atoms with Gasteiger partial charge in [-0.3, -0.25) is 9.78 Å². The average molecular weight is 267 g/mol. The molecule has 0 fully saturated rings. The SMILES string of the molecule is NC(=O)C1CC(c2cccc(-c3ccncc3)c2)=NO1. The van der Waals surface area contributed by atoms with E-state index in [1.54, 1.807) is 12.4 Å². The van der Waals surface area contributed by atoms with Crippen molar-refractivity contribution in [3.8, 4) is 11.1 Å². The van der Waals surface area contributed by atoms with Gasteiger partial charge in [0.2, 0.25) is 6.10 Å². The standard InChI is InChI=1S/C15H13N3O2/c16-15(19)14-9-13(18-20-14)12-3-1-2-11(8-12)10-4-6-17-7-5-10/h1-8,14H,9H2,(H2,16,19). The summed E-state index contributed by atoms with van der Waals surface area (Å²) < 4.78 is 0. The Bertz CT molecular complexity index is 668. The first kappa shape index (κ1) is 12.3. The number of hydrogen-bond donors (Lipinski definition) is 1. The van der Waals surface area contributed by atoms with Crippen molar-refractivity contribution in [1.29, 1.82) is 0 Å². The van der Waals surface area contributed by atoms with E-state index < -0.39 is 12.0 Å². The van der Waals surface area contributed by atoms with E-state index in [-0.39, 0.29) is 0 Å². The van der Waals surface area contributed by atoms with Crippen LogP contribution in [0.5, 0.6) is 0 Å². The zero-order valence-electron chi connectivity index (χ0n) is 10.7. The predicted octanol–water partition coefficient (Wildman–Crippen LogP) is 1.73. The van der Waals surface area contributed by atoms with E-state index in [2.05, 4.69) is 10.1 Å². The number of oxime groups is 1.